The Labute approximate surface area is 230 Å². The van der Waals surface area contributed by atoms with E-state index in [1.54, 1.807) is 32.0 Å². The van der Waals surface area contributed by atoms with Crippen LogP contribution in [0, 0.1) is 23.7 Å². The molecule has 2 saturated carbocycles. The molecule has 0 spiro atoms. The maximum atomic E-state index is 14.0. The van der Waals surface area contributed by atoms with Crippen LogP contribution in [-0.4, -0.2) is 96.6 Å². The number of aromatic hydroxyl groups is 1. The number of nitrogens with zero attached hydrogens (tertiary/aromatic N) is 2. The van der Waals surface area contributed by atoms with Crippen molar-refractivity contribution in [3.63, 3.8) is 0 Å². The first-order valence-corrected chi connectivity index (χ1v) is 12.9. The molecule has 1 aromatic rings. The summed E-state index contributed by atoms with van der Waals surface area (Å²) in [6, 6.07) is 0.436. The molecule has 1 aromatic carbocycles. The number of fused-ring (bicyclic) bond motifs is 3. The normalized spacial score (nSPS) is 29.7. The average Bonchev–Trinajstić information content (AvgIpc) is 2.85. The van der Waals surface area contributed by atoms with Gasteiger partial charge in [-0.3, -0.25) is 28.9 Å². The second-order valence-corrected chi connectivity index (χ2v) is 11.0. The largest absolute Gasteiger partial charge is 0.507 e. The third-order valence-electron chi connectivity index (χ3n) is 8.23. The molecule has 6 unspecified atom stereocenters. The van der Waals surface area contributed by atoms with Gasteiger partial charge >= 0.3 is 5.97 Å². The first-order valence-electron chi connectivity index (χ1n) is 12.9. The van der Waals surface area contributed by atoms with Gasteiger partial charge < -0.3 is 25.6 Å². The van der Waals surface area contributed by atoms with Crippen LogP contribution in [-0.2, 0) is 35.1 Å². The number of aliphatic hydroxyl groups is 1. The molecule has 40 heavy (non-hydrogen) atoms. The lowest BCUT2D eigenvalue weighted by Crippen LogP contribution is -2.74. The van der Waals surface area contributed by atoms with Gasteiger partial charge in [-0.15, -0.1) is 0 Å². The quantitative estimate of drug-likeness (QED) is 0.234. The van der Waals surface area contributed by atoms with Crippen molar-refractivity contribution in [2.75, 3.05) is 39.7 Å². The molecule has 0 bridgehead atoms. The maximum Gasteiger partial charge on any atom is 0.330 e. The number of nitrogens with two attached hydrogens (primary N) is 1. The van der Waals surface area contributed by atoms with Crippen LogP contribution < -0.4 is 10.6 Å². The summed E-state index contributed by atoms with van der Waals surface area (Å²) in [6.07, 6.45) is 2.49. The number of esters is 1. The Balaban J connectivity index is 1.87. The van der Waals surface area contributed by atoms with Gasteiger partial charge in [-0.2, -0.15) is 0 Å². The molecule has 4 rings (SSSR count). The van der Waals surface area contributed by atoms with Crippen LogP contribution in [0.25, 0.3) is 6.08 Å². The van der Waals surface area contributed by atoms with E-state index in [4.69, 9.17) is 10.5 Å². The van der Waals surface area contributed by atoms with Crippen LogP contribution in [0.3, 0.4) is 0 Å². The highest BCUT2D eigenvalue weighted by Gasteiger charge is 2.69. The fourth-order valence-electron chi connectivity index (χ4n) is 6.55. The van der Waals surface area contributed by atoms with Gasteiger partial charge in [0.2, 0.25) is 5.91 Å². The predicted octanol–water partition coefficient (Wildman–Crippen LogP) is -0.491. The van der Waals surface area contributed by atoms with E-state index in [1.165, 1.54) is 25.1 Å². The summed E-state index contributed by atoms with van der Waals surface area (Å²) < 4.78 is 4.88. The van der Waals surface area contributed by atoms with Crippen LogP contribution in [0.5, 0.6) is 5.75 Å². The highest BCUT2D eigenvalue weighted by molar-refractivity contribution is 6.32. The summed E-state index contributed by atoms with van der Waals surface area (Å²) >= 11 is 0. The number of hydrogen-bond acceptors (Lipinski definition) is 11. The predicted molar refractivity (Wildman–Crippen MR) is 141 cm³/mol. The summed E-state index contributed by atoms with van der Waals surface area (Å²) in [5.41, 5.74) is 3.55. The number of rotatable bonds is 6. The Morgan fingerprint density at radius 1 is 1.15 bits per heavy atom. The lowest BCUT2D eigenvalue weighted by Gasteiger charge is -2.52. The SMILES string of the molecule is CCOC(=O)/C=C/c1cc(N(C)C)c2c(c1O)C(=O)C1C(=O)C3(O)C(=O)C(C(N)=O)C(=O)C(N(C)C)C3CC1C2. The lowest BCUT2D eigenvalue weighted by atomic mass is 9.52. The summed E-state index contributed by atoms with van der Waals surface area (Å²) in [7, 11) is 6.53. The summed E-state index contributed by atoms with van der Waals surface area (Å²) in [5, 5.41) is 22.8. The van der Waals surface area contributed by atoms with Crippen LogP contribution in [0.15, 0.2) is 12.1 Å². The van der Waals surface area contributed by atoms with Gasteiger partial charge in [0.05, 0.1) is 24.1 Å². The molecule has 3 aliphatic carbocycles. The Morgan fingerprint density at radius 3 is 2.35 bits per heavy atom. The molecule has 2 fully saturated rings. The van der Waals surface area contributed by atoms with Crippen molar-refractivity contribution in [2.45, 2.75) is 31.4 Å². The summed E-state index contributed by atoms with van der Waals surface area (Å²) in [4.78, 5) is 81.6. The van der Waals surface area contributed by atoms with Crippen molar-refractivity contribution in [2.24, 2.45) is 29.4 Å². The van der Waals surface area contributed by atoms with Gasteiger partial charge in [0.15, 0.2) is 34.7 Å². The molecular formula is C28H33N3O9. The molecule has 6 atom stereocenters. The number of phenolic OH excluding ortho intramolecular Hbond substituents is 1. The maximum absolute atomic E-state index is 14.0. The standard InChI is InChI=1S/C28H33N3O9/c1-6-40-17(32)8-7-12-11-16(30(2)3)14-9-13-10-15-21(31(4)5)24(35)20(27(29)38)26(37)28(15,39)25(36)18(13)23(34)19(14)22(12)33/h7-8,11,13,15,18,20-21,33,39H,6,9-10H2,1-5H3,(H2,29,38)/b8-7+. The molecular weight excluding hydrogens is 522 g/mol. The smallest absolute Gasteiger partial charge is 0.330 e. The van der Waals surface area contributed by atoms with Gasteiger partial charge in [-0.1, -0.05) is 0 Å². The molecule has 0 aromatic heterocycles. The monoisotopic (exact) mass is 555 g/mol. The van der Waals surface area contributed by atoms with Crippen molar-refractivity contribution in [3.05, 3.63) is 28.8 Å². The van der Waals surface area contributed by atoms with Crippen molar-refractivity contribution < 1.29 is 43.7 Å². The number of phenols is 1. The summed E-state index contributed by atoms with van der Waals surface area (Å²) in [6.45, 7) is 1.78. The van der Waals surface area contributed by atoms with Gasteiger partial charge in [0, 0.05) is 37.3 Å². The van der Waals surface area contributed by atoms with E-state index in [2.05, 4.69) is 0 Å². The molecule has 1 amide bonds. The van der Waals surface area contributed by atoms with Crippen LogP contribution in [0.1, 0.15) is 34.8 Å². The first-order chi connectivity index (χ1) is 18.7. The number of carbonyl (C=O) groups excluding carboxylic acids is 6. The number of anilines is 1. The van der Waals surface area contributed by atoms with Gasteiger partial charge in [-0.25, -0.2) is 4.79 Å². The molecule has 4 N–H and O–H groups in total. The van der Waals surface area contributed by atoms with Crippen LogP contribution in [0.4, 0.5) is 5.69 Å². The lowest BCUT2D eigenvalue weighted by molar-refractivity contribution is -0.181. The Kier molecular flexibility index (Phi) is 7.46. The fourth-order valence-corrected chi connectivity index (χ4v) is 6.55. The molecule has 12 nitrogen and oxygen atoms in total. The Morgan fingerprint density at radius 2 is 1.80 bits per heavy atom. The molecule has 0 heterocycles. The molecule has 0 saturated heterocycles. The minimum absolute atomic E-state index is 0.0396. The zero-order valence-electron chi connectivity index (χ0n) is 23.0. The van der Waals surface area contributed by atoms with Gasteiger partial charge in [0.25, 0.3) is 0 Å². The topological polar surface area (TPSA) is 185 Å². The van der Waals surface area contributed by atoms with E-state index in [1.807, 2.05) is 0 Å². The minimum Gasteiger partial charge on any atom is -0.507 e. The zero-order valence-corrected chi connectivity index (χ0v) is 23.0. The number of carbonyl (C=O) groups is 6. The molecule has 12 heteroatoms. The van der Waals surface area contributed by atoms with Crippen molar-refractivity contribution in [1.82, 2.24) is 4.90 Å². The third-order valence-corrected chi connectivity index (χ3v) is 8.23. The fraction of sp³-hybridized carbons (Fsp3) is 0.500. The van der Waals surface area contributed by atoms with Crippen molar-refractivity contribution in [3.8, 4) is 5.75 Å². The number of ketones is 4. The Hall–Kier alpha value is -3.90. The molecule has 0 radical (unpaired) electrons. The van der Waals surface area contributed by atoms with Crippen LogP contribution >= 0.6 is 0 Å². The number of likely N-dealkylation sites (N-methyl/N-ethyl adjacent to an activating group) is 1. The number of Topliss-reactive ketones (excluding diaryl/α,β-unsaturated/α-hetero) is 4. The molecule has 3 aliphatic rings. The highest BCUT2D eigenvalue weighted by atomic mass is 16.5. The minimum atomic E-state index is -2.79. The van der Waals surface area contributed by atoms with E-state index >= 15 is 0 Å². The van der Waals surface area contributed by atoms with E-state index in [9.17, 15) is 39.0 Å². The number of ether oxygens (including phenoxy) is 1. The average molecular weight is 556 g/mol. The highest BCUT2D eigenvalue weighted by Crippen LogP contribution is 2.52. The zero-order chi connectivity index (χ0) is 29.8. The first kappa shape index (κ1) is 29.1. The number of primary amides is 1. The van der Waals surface area contributed by atoms with Crippen molar-refractivity contribution in [1.29, 1.82) is 0 Å². The van der Waals surface area contributed by atoms with Gasteiger partial charge in [-0.05, 0) is 57.5 Å². The number of benzene rings is 1. The second-order valence-electron chi connectivity index (χ2n) is 11.0. The number of hydrogen-bond donors (Lipinski definition) is 3. The van der Waals surface area contributed by atoms with E-state index in [0.717, 1.165) is 6.08 Å². The van der Waals surface area contributed by atoms with Crippen molar-refractivity contribution >= 4 is 46.8 Å². The number of amides is 1. The Bertz CT molecular complexity index is 1360. The summed E-state index contributed by atoms with van der Waals surface area (Å²) in [5.74, 6) is -11.9. The third kappa shape index (κ3) is 4.22. The second kappa shape index (κ2) is 10.3. The molecule has 0 aliphatic heterocycles. The molecule has 214 valence electrons. The van der Waals surface area contributed by atoms with Crippen LogP contribution in [0.2, 0.25) is 0 Å². The van der Waals surface area contributed by atoms with E-state index in [-0.39, 0.29) is 30.6 Å². The van der Waals surface area contributed by atoms with E-state index in [0.29, 0.717) is 11.3 Å². The van der Waals surface area contributed by atoms with E-state index < -0.39 is 76.1 Å². The van der Waals surface area contributed by atoms with Gasteiger partial charge in [0.1, 0.15) is 5.75 Å².